The van der Waals surface area contributed by atoms with Crippen LogP contribution in [0.2, 0.25) is 0 Å². The zero-order valence-corrected chi connectivity index (χ0v) is 13.5. The van der Waals surface area contributed by atoms with Crippen molar-refractivity contribution in [2.45, 2.75) is 57.5 Å². The van der Waals surface area contributed by atoms with Crippen LogP contribution >= 0.6 is 0 Å². The molecule has 0 N–H and O–H groups in total. The quantitative estimate of drug-likeness (QED) is 0.445. The fourth-order valence-electron chi connectivity index (χ4n) is 4.21. The van der Waals surface area contributed by atoms with Gasteiger partial charge in [-0.3, -0.25) is 19.7 Å². The van der Waals surface area contributed by atoms with E-state index in [1.165, 1.54) is 12.8 Å². The van der Waals surface area contributed by atoms with Crippen LogP contribution in [0.25, 0.3) is 0 Å². The van der Waals surface area contributed by atoms with Crippen molar-refractivity contribution in [3.05, 3.63) is 10.1 Å². The lowest BCUT2D eigenvalue weighted by molar-refractivity contribution is -0.497. The van der Waals surface area contributed by atoms with Crippen LogP contribution in [0.4, 0.5) is 0 Å². The Morgan fingerprint density at radius 2 is 2.00 bits per heavy atom. The zero-order valence-electron chi connectivity index (χ0n) is 13.5. The first-order valence-electron chi connectivity index (χ1n) is 8.58. The van der Waals surface area contributed by atoms with E-state index in [2.05, 4.69) is 6.92 Å². The predicted molar refractivity (Wildman–Crippen MR) is 81.1 cm³/mol. The van der Waals surface area contributed by atoms with Gasteiger partial charge in [0.1, 0.15) is 5.92 Å². The van der Waals surface area contributed by atoms with Crippen LogP contribution in [-0.4, -0.2) is 46.9 Å². The summed E-state index contributed by atoms with van der Waals surface area (Å²) in [6.07, 6.45) is 5.79. The summed E-state index contributed by atoms with van der Waals surface area (Å²) in [5, 5.41) is 10.6. The van der Waals surface area contributed by atoms with Crippen molar-refractivity contribution in [3.8, 4) is 0 Å². The standard InChI is InChI=1S/C16H24N2O5/c1-10-6-7-17(13-5-3-2-4-11(10)13)15(19)9-23-16(20)12-8-14(12)18(21)22/h10-14H,2-9H2,1H3/t10-,11+,12-,13-,14+/m1/s1. The molecule has 1 saturated heterocycles. The molecule has 128 valence electrons. The molecule has 1 aliphatic heterocycles. The molecule has 0 aromatic rings. The third kappa shape index (κ3) is 3.33. The summed E-state index contributed by atoms with van der Waals surface area (Å²) in [6, 6.07) is -0.553. The first-order chi connectivity index (χ1) is 11.0. The van der Waals surface area contributed by atoms with Gasteiger partial charge in [0, 0.05) is 23.9 Å². The SMILES string of the molecule is C[C@@H]1CCN(C(=O)COC(=O)[C@@H]2C[C@@H]2[N+](=O)[O-])[C@@H]2CCCC[C@@H]12. The van der Waals surface area contributed by atoms with Crippen molar-refractivity contribution in [2.24, 2.45) is 17.8 Å². The Morgan fingerprint density at radius 1 is 1.26 bits per heavy atom. The van der Waals surface area contributed by atoms with Gasteiger partial charge in [-0.2, -0.15) is 0 Å². The van der Waals surface area contributed by atoms with E-state index in [4.69, 9.17) is 4.74 Å². The molecule has 3 fully saturated rings. The van der Waals surface area contributed by atoms with E-state index in [0.717, 1.165) is 25.8 Å². The van der Waals surface area contributed by atoms with Crippen LogP contribution in [0.1, 0.15) is 45.4 Å². The minimum absolute atomic E-state index is 0.152. The van der Waals surface area contributed by atoms with E-state index >= 15 is 0 Å². The Hall–Kier alpha value is -1.66. The Morgan fingerprint density at radius 3 is 2.70 bits per heavy atom. The average molecular weight is 324 g/mol. The van der Waals surface area contributed by atoms with E-state index < -0.39 is 22.9 Å². The summed E-state index contributed by atoms with van der Waals surface area (Å²) in [5.41, 5.74) is 0. The summed E-state index contributed by atoms with van der Waals surface area (Å²) in [5.74, 6) is -0.230. The molecule has 5 atom stereocenters. The second-order valence-electron chi connectivity index (χ2n) is 7.17. The van der Waals surface area contributed by atoms with Gasteiger partial charge in [0.05, 0.1) is 0 Å². The van der Waals surface area contributed by atoms with Crippen molar-refractivity contribution >= 4 is 11.9 Å². The molecule has 0 unspecified atom stereocenters. The highest BCUT2D eigenvalue weighted by molar-refractivity contribution is 5.83. The number of hydrogen-bond acceptors (Lipinski definition) is 5. The third-order valence-electron chi connectivity index (χ3n) is 5.73. The van der Waals surface area contributed by atoms with Gasteiger partial charge < -0.3 is 9.64 Å². The van der Waals surface area contributed by atoms with Crippen molar-refractivity contribution in [1.82, 2.24) is 4.90 Å². The lowest BCUT2D eigenvalue weighted by Gasteiger charge is -2.47. The lowest BCUT2D eigenvalue weighted by Crippen LogP contribution is -2.53. The minimum atomic E-state index is -0.823. The van der Waals surface area contributed by atoms with Gasteiger partial charge in [0.2, 0.25) is 6.04 Å². The zero-order chi connectivity index (χ0) is 16.6. The van der Waals surface area contributed by atoms with Crippen LogP contribution in [0.3, 0.4) is 0 Å². The molecule has 2 saturated carbocycles. The maximum absolute atomic E-state index is 12.4. The van der Waals surface area contributed by atoms with Crippen LogP contribution in [0.5, 0.6) is 0 Å². The number of carbonyl (C=O) groups excluding carboxylic acids is 2. The molecule has 2 aliphatic carbocycles. The maximum Gasteiger partial charge on any atom is 0.316 e. The van der Waals surface area contributed by atoms with E-state index in [9.17, 15) is 19.7 Å². The highest BCUT2D eigenvalue weighted by Crippen LogP contribution is 2.39. The highest BCUT2D eigenvalue weighted by Gasteiger charge is 2.54. The number of carbonyl (C=O) groups is 2. The minimum Gasteiger partial charge on any atom is -0.455 e. The topological polar surface area (TPSA) is 89.8 Å². The normalized spacial score (nSPS) is 36.0. The molecule has 0 aromatic carbocycles. The molecule has 7 heteroatoms. The third-order valence-corrected chi connectivity index (χ3v) is 5.73. The van der Waals surface area contributed by atoms with E-state index in [0.29, 0.717) is 11.8 Å². The number of nitro groups is 1. The first-order valence-corrected chi connectivity index (χ1v) is 8.58. The van der Waals surface area contributed by atoms with Crippen molar-refractivity contribution in [2.75, 3.05) is 13.2 Å². The van der Waals surface area contributed by atoms with Crippen molar-refractivity contribution < 1.29 is 19.2 Å². The van der Waals surface area contributed by atoms with Crippen LogP contribution in [0.15, 0.2) is 0 Å². The van der Waals surface area contributed by atoms with Crippen molar-refractivity contribution in [3.63, 3.8) is 0 Å². The molecule has 0 radical (unpaired) electrons. The number of amides is 1. The molecular formula is C16H24N2O5. The fraction of sp³-hybridized carbons (Fsp3) is 0.875. The molecule has 1 heterocycles. The summed E-state index contributed by atoms with van der Waals surface area (Å²) in [7, 11) is 0. The summed E-state index contributed by atoms with van der Waals surface area (Å²) in [6.45, 7) is 2.70. The van der Waals surface area contributed by atoms with Gasteiger partial charge in [-0.05, 0) is 31.1 Å². The van der Waals surface area contributed by atoms with Crippen LogP contribution in [-0.2, 0) is 14.3 Å². The number of rotatable bonds is 4. The summed E-state index contributed by atoms with van der Waals surface area (Å²) in [4.78, 5) is 36.2. The summed E-state index contributed by atoms with van der Waals surface area (Å²) >= 11 is 0. The monoisotopic (exact) mass is 324 g/mol. The van der Waals surface area contributed by atoms with Gasteiger partial charge in [-0.15, -0.1) is 0 Å². The average Bonchev–Trinajstić information content (AvgIpc) is 3.34. The summed E-state index contributed by atoms with van der Waals surface area (Å²) < 4.78 is 5.03. The number of hydrogen-bond donors (Lipinski definition) is 0. The Balaban J connectivity index is 1.52. The maximum atomic E-state index is 12.4. The Kier molecular flexibility index (Phi) is 4.55. The van der Waals surface area contributed by atoms with E-state index in [-0.39, 0.29) is 25.0 Å². The second kappa shape index (κ2) is 6.45. The van der Waals surface area contributed by atoms with Gasteiger partial charge in [-0.1, -0.05) is 19.8 Å². The molecule has 3 aliphatic rings. The number of nitrogens with zero attached hydrogens (tertiary/aromatic N) is 2. The Labute approximate surface area is 135 Å². The number of fused-ring (bicyclic) bond motifs is 1. The van der Waals surface area contributed by atoms with Gasteiger partial charge in [-0.25, -0.2) is 0 Å². The van der Waals surface area contributed by atoms with Crippen molar-refractivity contribution in [1.29, 1.82) is 0 Å². The van der Waals surface area contributed by atoms with Gasteiger partial charge in [0.25, 0.3) is 5.91 Å². The highest BCUT2D eigenvalue weighted by atomic mass is 16.6. The molecule has 23 heavy (non-hydrogen) atoms. The number of likely N-dealkylation sites (tertiary alicyclic amines) is 1. The van der Waals surface area contributed by atoms with Crippen LogP contribution in [0, 0.1) is 27.9 Å². The van der Waals surface area contributed by atoms with E-state index in [1.54, 1.807) is 0 Å². The smallest absolute Gasteiger partial charge is 0.316 e. The molecule has 0 bridgehead atoms. The molecule has 3 rings (SSSR count). The Bertz CT molecular complexity index is 509. The fourth-order valence-corrected chi connectivity index (χ4v) is 4.21. The largest absolute Gasteiger partial charge is 0.455 e. The molecule has 0 spiro atoms. The van der Waals surface area contributed by atoms with E-state index in [1.807, 2.05) is 4.90 Å². The molecule has 1 amide bonds. The van der Waals surface area contributed by atoms with Crippen LogP contribution < -0.4 is 0 Å². The molecule has 7 nitrogen and oxygen atoms in total. The number of piperidine rings is 1. The predicted octanol–water partition coefficient (Wildman–Crippen LogP) is 1.62. The second-order valence-corrected chi connectivity index (χ2v) is 7.17. The van der Waals surface area contributed by atoms with Gasteiger partial charge in [0.15, 0.2) is 6.61 Å². The first kappa shape index (κ1) is 16.2. The number of esters is 1. The molecule has 0 aromatic heterocycles. The number of ether oxygens (including phenoxy) is 1. The van der Waals surface area contributed by atoms with Gasteiger partial charge >= 0.3 is 5.97 Å². The lowest BCUT2D eigenvalue weighted by atomic mass is 9.72. The molecular weight excluding hydrogens is 300 g/mol.